The van der Waals surface area contributed by atoms with Crippen LogP contribution in [0.5, 0.6) is 5.75 Å². The highest BCUT2D eigenvalue weighted by Gasteiger charge is 2.34. The van der Waals surface area contributed by atoms with Gasteiger partial charge in [-0.05, 0) is 64.9 Å². The number of hydrogen-bond donors (Lipinski definition) is 0. The first-order valence-electron chi connectivity index (χ1n) is 11.6. The van der Waals surface area contributed by atoms with Crippen LogP contribution in [0.4, 0.5) is 0 Å². The maximum Gasteiger partial charge on any atom is 0.267 e. The van der Waals surface area contributed by atoms with E-state index >= 15 is 0 Å². The second-order valence-corrected chi connectivity index (χ2v) is 9.99. The number of hydrogen-bond acceptors (Lipinski definition) is 6. The summed E-state index contributed by atoms with van der Waals surface area (Å²) in [5.41, 5.74) is 2.54. The Kier molecular flexibility index (Phi) is 8.28. The highest BCUT2D eigenvalue weighted by Crippen LogP contribution is 2.36. The van der Waals surface area contributed by atoms with Gasteiger partial charge in [0.1, 0.15) is 18.1 Å². The normalized spacial score (nSPS) is 15.7. The molecule has 1 aromatic heterocycles. The number of furan rings is 1. The van der Waals surface area contributed by atoms with Gasteiger partial charge in [0.15, 0.2) is 5.17 Å². The molecule has 4 aromatic rings. The Morgan fingerprint density at radius 1 is 0.974 bits per heavy atom. The molecule has 0 saturated carbocycles. The molecule has 1 amide bonds. The number of carbonyl (C=O) groups is 1. The van der Waals surface area contributed by atoms with Gasteiger partial charge in [-0.25, -0.2) is 0 Å². The minimum atomic E-state index is -0.229. The molecule has 1 aliphatic heterocycles. The number of ether oxygens (including phenoxy) is 1. The van der Waals surface area contributed by atoms with E-state index in [-0.39, 0.29) is 12.5 Å². The van der Waals surface area contributed by atoms with E-state index in [1.165, 1.54) is 16.7 Å². The molecule has 3 aromatic carbocycles. The molecule has 0 unspecified atom stereocenters. The summed E-state index contributed by atoms with van der Waals surface area (Å²) in [4.78, 5) is 15.2. The third-order valence-electron chi connectivity index (χ3n) is 5.51. The molecule has 6 nitrogen and oxygen atoms in total. The smallest absolute Gasteiger partial charge is 0.267 e. The fourth-order valence-corrected chi connectivity index (χ4v) is 4.91. The number of thioether (sulfide) groups is 1. The molecule has 0 bridgehead atoms. The fraction of sp³-hybridized carbons (Fsp3) is 0.0690. The fourth-order valence-electron chi connectivity index (χ4n) is 3.62. The van der Waals surface area contributed by atoms with Crippen molar-refractivity contribution in [3.05, 3.63) is 129 Å². The van der Waals surface area contributed by atoms with E-state index < -0.39 is 0 Å². The molecular formula is C29H21Cl2N3O3S. The van der Waals surface area contributed by atoms with Gasteiger partial charge in [-0.3, -0.25) is 9.69 Å². The van der Waals surface area contributed by atoms with E-state index in [1.54, 1.807) is 48.9 Å². The van der Waals surface area contributed by atoms with Gasteiger partial charge in [-0.1, -0.05) is 77.8 Å². The van der Waals surface area contributed by atoms with E-state index in [4.69, 9.17) is 32.4 Å². The van der Waals surface area contributed by atoms with Crippen LogP contribution >= 0.6 is 35.0 Å². The number of halogens is 2. The van der Waals surface area contributed by atoms with Gasteiger partial charge < -0.3 is 9.15 Å². The Morgan fingerprint density at radius 3 is 2.63 bits per heavy atom. The summed E-state index contributed by atoms with van der Waals surface area (Å²) < 4.78 is 11.4. The predicted octanol–water partition coefficient (Wildman–Crippen LogP) is 7.67. The van der Waals surface area contributed by atoms with Gasteiger partial charge >= 0.3 is 0 Å². The van der Waals surface area contributed by atoms with Crippen molar-refractivity contribution in [2.24, 2.45) is 10.2 Å². The maximum atomic E-state index is 13.3. The monoisotopic (exact) mass is 561 g/mol. The molecule has 0 spiro atoms. The molecule has 38 heavy (non-hydrogen) atoms. The zero-order valence-corrected chi connectivity index (χ0v) is 22.3. The Bertz CT molecular complexity index is 1520. The van der Waals surface area contributed by atoms with Crippen molar-refractivity contribution in [3.63, 3.8) is 0 Å². The molecule has 190 valence electrons. The van der Waals surface area contributed by atoms with Crippen molar-refractivity contribution < 1.29 is 13.9 Å². The Balaban J connectivity index is 1.35. The van der Waals surface area contributed by atoms with Crippen LogP contribution in [-0.2, 0) is 17.9 Å². The highest BCUT2D eigenvalue weighted by molar-refractivity contribution is 8.18. The second-order valence-electron chi connectivity index (χ2n) is 8.20. The van der Waals surface area contributed by atoms with E-state index in [0.29, 0.717) is 38.0 Å². The second kappa shape index (κ2) is 12.2. The van der Waals surface area contributed by atoms with Crippen LogP contribution < -0.4 is 4.74 Å². The van der Waals surface area contributed by atoms with E-state index in [9.17, 15) is 4.79 Å². The Labute approximate surface area is 234 Å². The molecule has 0 radical (unpaired) electrons. The van der Waals surface area contributed by atoms with Crippen LogP contribution in [0.15, 0.2) is 111 Å². The number of amides is 1. The summed E-state index contributed by atoms with van der Waals surface area (Å²) >= 11 is 13.7. The molecule has 1 fully saturated rings. The number of benzene rings is 3. The van der Waals surface area contributed by atoms with Gasteiger partial charge in [-0.2, -0.15) is 5.10 Å². The van der Waals surface area contributed by atoms with Crippen LogP contribution in [0, 0.1) is 0 Å². The standard InChI is InChI=1S/C29H21Cl2N3O3S/c30-25-13-5-10-22(27(25)31)16-26-28(35)34(18-24-12-6-14-36-24)29(38-26)33-32-17-21-9-4-11-23(15-21)37-19-20-7-2-1-3-8-20/h1-17H,18-19H2/b26-16-,32-17-,33-29+. The first kappa shape index (κ1) is 25.9. The molecule has 1 aliphatic rings. The van der Waals surface area contributed by atoms with Crippen LogP contribution in [0.3, 0.4) is 0 Å². The predicted molar refractivity (Wildman–Crippen MR) is 154 cm³/mol. The van der Waals surface area contributed by atoms with E-state index in [1.807, 2.05) is 54.6 Å². The molecule has 1 saturated heterocycles. The molecule has 0 N–H and O–H groups in total. The van der Waals surface area contributed by atoms with Gasteiger partial charge in [0, 0.05) is 0 Å². The first-order valence-corrected chi connectivity index (χ1v) is 13.2. The average molecular weight is 562 g/mol. The SMILES string of the molecule is O=C1/C(=C/c2cccc(Cl)c2Cl)S/C(=N/N=C\c2cccc(OCc3ccccc3)c2)N1Cc1ccco1. The number of nitrogens with zero attached hydrogens (tertiary/aromatic N) is 3. The van der Waals surface area contributed by atoms with Crippen LogP contribution in [-0.4, -0.2) is 22.2 Å². The largest absolute Gasteiger partial charge is 0.489 e. The van der Waals surface area contributed by atoms with Gasteiger partial charge in [0.2, 0.25) is 0 Å². The lowest BCUT2D eigenvalue weighted by molar-refractivity contribution is -0.122. The number of amidine groups is 1. The third-order valence-corrected chi connectivity index (χ3v) is 7.34. The van der Waals surface area contributed by atoms with Crippen molar-refractivity contribution in [1.82, 2.24) is 4.90 Å². The quantitative estimate of drug-likeness (QED) is 0.126. The van der Waals surface area contributed by atoms with Crippen molar-refractivity contribution >= 4 is 58.3 Å². The molecule has 0 atom stereocenters. The van der Waals surface area contributed by atoms with Crippen molar-refractivity contribution in [3.8, 4) is 5.75 Å². The lowest BCUT2D eigenvalue weighted by atomic mass is 10.2. The minimum absolute atomic E-state index is 0.219. The topological polar surface area (TPSA) is 67.4 Å². The van der Waals surface area contributed by atoms with Gasteiger partial charge in [0.25, 0.3) is 5.91 Å². The Morgan fingerprint density at radius 2 is 1.82 bits per heavy atom. The average Bonchev–Trinajstić information content (AvgIpc) is 3.55. The van der Waals surface area contributed by atoms with Crippen molar-refractivity contribution in [1.29, 1.82) is 0 Å². The van der Waals surface area contributed by atoms with Crippen LogP contribution in [0.1, 0.15) is 22.5 Å². The van der Waals surface area contributed by atoms with E-state index in [2.05, 4.69) is 10.2 Å². The van der Waals surface area contributed by atoms with Gasteiger partial charge in [0.05, 0.1) is 34.0 Å². The molecule has 0 aliphatic carbocycles. The summed E-state index contributed by atoms with van der Waals surface area (Å²) in [6.45, 7) is 0.687. The van der Waals surface area contributed by atoms with Gasteiger partial charge in [-0.15, -0.1) is 5.10 Å². The van der Waals surface area contributed by atoms with Crippen molar-refractivity contribution in [2.45, 2.75) is 13.2 Å². The highest BCUT2D eigenvalue weighted by atomic mass is 35.5. The maximum absolute atomic E-state index is 13.3. The minimum Gasteiger partial charge on any atom is -0.489 e. The zero-order valence-electron chi connectivity index (χ0n) is 20.0. The molecule has 9 heteroatoms. The summed E-state index contributed by atoms with van der Waals surface area (Å²) in [5, 5.41) is 9.83. The summed E-state index contributed by atoms with van der Waals surface area (Å²) in [6, 6.07) is 26.4. The first-order chi connectivity index (χ1) is 18.6. The van der Waals surface area contributed by atoms with Crippen LogP contribution in [0.2, 0.25) is 10.0 Å². The zero-order chi connectivity index (χ0) is 26.3. The van der Waals surface area contributed by atoms with Crippen molar-refractivity contribution in [2.75, 3.05) is 0 Å². The molecule has 5 rings (SSSR count). The third kappa shape index (κ3) is 6.37. The molecular weight excluding hydrogens is 541 g/mol. The Hall–Kier alpha value is -3.78. The number of rotatable bonds is 8. The number of carbonyl (C=O) groups excluding carboxylic acids is 1. The van der Waals surface area contributed by atoms with E-state index in [0.717, 1.165) is 16.9 Å². The molecule has 2 heterocycles. The summed E-state index contributed by atoms with van der Waals surface area (Å²) in [7, 11) is 0. The summed E-state index contributed by atoms with van der Waals surface area (Å²) in [5.74, 6) is 1.12. The summed E-state index contributed by atoms with van der Waals surface area (Å²) in [6.07, 6.45) is 4.89. The lowest BCUT2D eigenvalue weighted by Gasteiger charge is -2.12. The lowest BCUT2D eigenvalue weighted by Crippen LogP contribution is -2.28. The van der Waals surface area contributed by atoms with Crippen LogP contribution in [0.25, 0.3) is 6.08 Å².